The molecular weight excluding hydrogens is 446 g/mol. The Morgan fingerprint density at radius 1 is 1.00 bits per heavy atom. The fraction of sp³-hybridized carbons (Fsp3) is 0.148. The zero-order chi connectivity index (χ0) is 23.9. The number of hydrogen-bond acceptors (Lipinski definition) is 5. The van der Waals surface area contributed by atoms with Gasteiger partial charge < -0.3 is 14.6 Å². The molecule has 0 saturated carbocycles. The first-order valence-electron chi connectivity index (χ1n) is 10.9. The Hall–Kier alpha value is -3.74. The zero-order valence-corrected chi connectivity index (χ0v) is 19.9. The van der Waals surface area contributed by atoms with E-state index in [0.29, 0.717) is 22.1 Å². The van der Waals surface area contributed by atoms with E-state index in [2.05, 4.69) is 9.97 Å². The van der Waals surface area contributed by atoms with Gasteiger partial charge in [-0.25, -0.2) is 9.97 Å². The first kappa shape index (κ1) is 22.1. The van der Waals surface area contributed by atoms with Crippen molar-refractivity contribution < 1.29 is 5.11 Å². The minimum absolute atomic E-state index is 0.432. The summed E-state index contributed by atoms with van der Waals surface area (Å²) in [7, 11) is 5.82. The summed E-state index contributed by atoms with van der Waals surface area (Å²) in [5.41, 5.74) is 3.75. The molecule has 0 saturated heterocycles. The van der Waals surface area contributed by atoms with E-state index in [9.17, 15) is 5.11 Å². The number of imidazole rings is 1. The number of aliphatic hydroxyl groups is 1. The highest BCUT2D eigenvalue weighted by atomic mass is 35.5. The van der Waals surface area contributed by atoms with Crippen molar-refractivity contribution in [1.29, 1.82) is 0 Å². The molecule has 5 aromatic rings. The SMILES string of the molecule is CN(C)c1c(-c2ccccc2)c(Cl)nc2ccc(C(O)(c3ccccn3)c3cncn3C)cc12. The number of benzene rings is 2. The van der Waals surface area contributed by atoms with Gasteiger partial charge in [0.25, 0.3) is 0 Å². The second-order valence-electron chi connectivity index (χ2n) is 8.43. The molecule has 2 aromatic carbocycles. The highest BCUT2D eigenvalue weighted by Crippen LogP contribution is 2.43. The maximum atomic E-state index is 12.2. The molecule has 6 nitrogen and oxygen atoms in total. The standard InChI is InChI=1S/C27H24ClN5O/c1-32(2)25-20-15-19(12-13-21(20)31-26(28)24(25)18-9-5-4-6-10-18)27(34,22-11-7-8-14-30-22)23-16-29-17-33(23)3/h4-17,34H,1-3H3. The predicted molar refractivity (Wildman–Crippen MR) is 136 cm³/mol. The number of pyridine rings is 2. The van der Waals surface area contributed by atoms with Crippen molar-refractivity contribution in [1.82, 2.24) is 19.5 Å². The lowest BCUT2D eigenvalue weighted by atomic mass is 9.85. The molecule has 0 aliphatic carbocycles. The molecular formula is C27H24ClN5O. The van der Waals surface area contributed by atoms with Crippen LogP contribution in [0.2, 0.25) is 5.15 Å². The number of fused-ring (bicyclic) bond motifs is 1. The van der Waals surface area contributed by atoms with Gasteiger partial charge in [0.1, 0.15) is 5.15 Å². The summed E-state index contributed by atoms with van der Waals surface area (Å²) in [4.78, 5) is 15.5. The summed E-state index contributed by atoms with van der Waals surface area (Å²) in [6, 6.07) is 21.2. The third-order valence-corrected chi connectivity index (χ3v) is 6.34. The van der Waals surface area contributed by atoms with Gasteiger partial charge in [-0.3, -0.25) is 4.98 Å². The summed E-state index contributed by atoms with van der Waals surface area (Å²) in [6.07, 6.45) is 5.02. The summed E-state index contributed by atoms with van der Waals surface area (Å²) in [5.74, 6) is 0. The summed E-state index contributed by atoms with van der Waals surface area (Å²) in [5, 5.41) is 13.6. The maximum Gasteiger partial charge on any atom is 0.173 e. The minimum atomic E-state index is -1.52. The van der Waals surface area contributed by atoms with E-state index < -0.39 is 5.60 Å². The molecule has 0 amide bonds. The molecule has 0 fully saturated rings. The first-order chi connectivity index (χ1) is 16.4. The fourth-order valence-electron chi connectivity index (χ4n) is 4.48. The van der Waals surface area contributed by atoms with Crippen molar-refractivity contribution in [2.24, 2.45) is 7.05 Å². The third-order valence-electron chi connectivity index (χ3n) is 6.06. The molecule has 1 N–H and O–H groups in total. The molecule has 0 radical (unpaired) electrons. The van der Waals surface area contributed by atoms with E-state index in [1.807, 2.05) is 92.8 Å². The van der Waals surface area contributed by atoms with Crippen LogP contribution in [-0.4, -0.2) is 38.7 Å². The van der Waals surface area contributed by atoms with Crippen LogP contribution in [0, 0.1) is 0 Å². The van der Waals surface area contributed by atoms with Gasteiger partial charge in [-0.1, -0.05) is 54.1 Å². The van der Waals surface area contributed by atoms with E-state index in [4.69, 9.17) is 16.6 Å². The quantitative estimate of drug-likeness (QED) is 0.365. The average Bonchev–Trinajstić information content (AvgIpc) is 3.29. The largest absolute Gasteiger partial charge is 0.377 e. The van der Waals surface area contributed by atoms with Crippen LogP contribution in [0.5, 0.6) is 0 Å². The predicted octanol–water partition coefficient (Wildman–Crippen LogP) is 5.03. The molecule has 34 heavy (non-hydrogen) atoms. The van der Waals surface area contributed by atoms with Gasteiger partial charge >= 0.3 is 0 Å². The summed E-state index contributed by atoms with van der Waals surface area (Å²) in [6.45, 7) is 0. The van der Waals surface area contributed by atoms with Crippen molar-refractivity contribution in [3.63, 3.8) is 0 Å². The van der Waals surface area contributed by atoms with Gasteiger partial charge in [0.2, 0.25) is 0 Å². The Labute approximate surface area is 203 Å². The second kappa shape index (κ2) is 8.56. The molecule has 5 rings (SSSR count). The number of aryl methyl sites for hydroxylation is 1. The highest BCUT2D eigenvalue weighted by molar-refractivity contribution is 6.34. The van der Waals surface area contributed by atoms with Crippen LogP contribution in [0.4, 0.5) is 5.69 Å². The molecule has 0 aliphatic rings. The monoisotopic (exact) mass is 469 g/mol. The highest BCUT2D eigenvalue weighted by Gasteiger charge is 2.38. The van der Waals surface area contributed by atoms with Gasteiger partial charge in [-0.2, -0.15) is 0 Å². The van der Waals surface area contributed by atoms with E-state index in [-0.39, 0.29) is 0 Å². The number of nitrogens with zero attached hydrogens (tertiary/aromatic N) is 5. The molecule has 0 aliphatic heterocycles. The van der Waals surface area contributed by atoms with Crippen molar-refractivity contribution >= 4 is 28.2 Å². The Bertz CT molecular complexity index is 1470. The Morgan fingerprint density at radius 3 is 2.41 bits per heavy atom. The minimum Gasteiger partial charge on any atom is -0.377 e. The summed E-state index contributed by atoms with van der Waals surface area (Å²) < 4.78 is 1.81. The van der Waals surface area contributed by atoms with Crippen LogP contribution in [0.25, 0.3) is 22.0 Å². The van der Waals surface area contributed by atoms with Crippen LogP contribution < -0.4 is 4.90 Å². The molecule has 3 heterocycles. The number of rotatable bonds is 5. The van der Waals surface area contributed by atoms with Gasteiger partial charge in [0, 0.05) is 38.3 Å². The molecule has 1 unspecified atom stereocenters. The topological polar surface area (TPSA) is 67.1 Å². The van der Waals surface area contributed by atoms with Gasteiger partial charge in [0.15, 0.2) is 5.60 Å². The molecule has 3 aromatic heterocycles. The van der Waals surface area contributed by atoms with Crippen molar-refractivity contribution in [3.05, 3.63) is 108 Å². The Morgan fingerprint density at radius 2 is 1.76 bits per heavy atom. The van der Waals surface area contributed by atoms with Gasteiger partial charge in [-0.15, -0.1) is 0 Å². The lowest BCUT2D eigenvalue weighted by Crippen LogP contribution is -2.32. The number of halogens is 1. The fourth-order valence-corrected chi connectivity index (χ4v) is 4.77. The van der Waals surface area contributed by atoms with Gasteiger partial charge in [-0.05, 0) is 35.4 Å². The summed E-state index contributed by atoms with van der Waals surface area (Å²) >= 11 is 6.71. The van der Waals surface area contributed by atoms with Crippen LogP contribution in [0.3, 0.4) is 0 Å². The third kappa shape index (κ3) is 3.52. The second-order valence-corrected chi connectivity index (χ2v) is 8.79. The van der Waals surface area contributed by atoms with Crippen molar-refractivity contribution in [2.45, 2.75) is 5.60 Å². The zero-order valence-electron chi connectivity index (χ0n) is 19.1. The molecule has 0 spiro atoms. The van der Waals surface area contributed by atoms with E-state index in [1.165, 1.54) is 0 Å². The lowest BCUT2D eigenvalue weighted by Gasteiger charge is -2.29. The maximum absolute atomic E-state index is 12.2. The Balaban J connectivity index is 1.84. The Kier molecular flexibility index (Phi) is 5.55. The number of hydrogen-bond donors (Lipinski definition) is 1. The van der Waals surface area contributed by atoms with Crippen molar-refractivity contribution in [2.75, 3.05) is 19.0 Å². The van der Waals surface area contributed by atoms with Crippen LogP contribution >= 0.6 is 11.6 Å². The normalized spacial score (nSPS) is 13.1. The van der Waals surface area contributed by atoms with Crippen LogP contribution in [0.15, 0.2) is 85.5 Å². The molecule has 7 heteroatoms. The first-order valence-corrected chi connectivity index (χ1v) is 11.3. The molecule has 1 atom stereocenters. The number of anilines is 1. The molecule has 170 valence electrons. The van der Waals surface area contributed by atoms with Crippen LogP contribution in [0.1, 0.15) is 17.0 Å². The van der Waals surface area contributed by atoms with Crippen LogP contribution in [-0.2, 0) is 12.6 Å². The van der Waals surface area contributed by atoms with E-state index in [0.717, 1.165) is 27.7 Å². The average molecular weight is 470 g/mol. The van der Waals surface area contributed by atoms with Crippen molar-refractivity contribution in [3.8, 4) is 11.1 Å². The number of aromatic nitrogens is 4. The lowest BCUT2D eigenvalue weighted by molar-refractivity contribution is 0.113. The van der Waals surface area contributed by atoms with E-state index in [1.54, 1.807) is 23.3 Å². The van der Waals surface area contributed by atoms with Gasteiger partial charge in [0.05, 0.1) is 35.1 Å². The van der Waals surface area contributed by atoms with E-state index >= 15 is 0 Å². The smallest absolute Gasteiger partial charge is 0.173 e. The molecule has 0 bridgehead atoms.